The van der Waals surface area contributed by atoms with E-state index in [2.05, 4.69) is 24.5 Å². The van der Waals surface area contributed by atoms with Gasteiger partial charge < -0.3 is 15.5 Å². The van der Waals surface area contributed by atoms with E-state index in [4.69, 9.17) is 23.2 Å². The largest absolute Gasteiger partial charge is 0.375 e. The number of hydrogen-bond acceptors (Lipinski definition) is 3. The molecule has 0 aromatic heterocycles. The van der Waals surface area contributed by atoms with Crippen LogP contribution in [-0.4, -0.2) is 36.3 Å². The summed E-state index contributed by atoms with van der Waals surface area (Å²) in [6.45, 7) is 5.63. The lowest BCUT2D eigenvalue weighted by Gasteiger charge is -2.21. The van der Waals surface area contributed by atoms with Gasteiger partial charge in [0.15, 0.2) is 0 Å². The molecule has 0 saturated heterocycles. The van der Waals surface area contributed by atoms with Crippen LogP contribution >= 0.6 is 23.2 Å². The Kier molecular flexibility index (Phi) is 8.61. The van der Waals surface area contributed by atoms with Gasteiger partial charge in [-0.2, -0.15) is 0 Å². The number of rotatable bonds is 9. The highest BCUT2D eigenvalue weighted by atomic mass is 35.5. The first-order chi connectivity index (χ1) is 13.4. The smallest absolute Gasteiger partial charge is 0.253 e. The van der Waals surface area contributed by atoms with Crippen LogP contribution in [-0.2, 0) is 4.79 Å². The topological polar surface area (TPSA) is 61.4 Å². The molecule has 2 N–H and O–H groups in total. The first-order valence-corrected chi connectivity index (χ1v) is 10.1. The second-order valence-electron chi connectivity index (χ2n) is 6.40. The molecule has 7 heteroatoms. The van der Waals surface area contributed by atoms with E-state index < -0.39 is 0 Å². The number of amides is 2. The van der Waals surface area contributed by atoms with Crippen molar-refractivity contribution < 1.29 is 9.59 Å². The lowest BCUT2D eigenvalue weighted by Crippen LogP contribution is -2.32. The molecule has 0 unspecified atom stereocenters. The minimum absolute atomic E-state index is 0.0128. The standard InChI is InChI=1S/C21H25Cl2N3O2/c1-3-11-26(12-4-2)21(28)15-5-8-17(9-6-15)25-20(27)14-24-19-13-16(22)7-10-18(19)23/h5-10,13,24H,3-4,11-12,14H2,1-2H3,(H,25,27). The van der Waals surface area contributed by atoms with Crippen LogP contribution in [0.5, 0.6) is 0 Å². The number of halogens is 2. The van der Waals surface area contributed by atoms with Crippen LogP contribution in [0.3, 0.4) is 0 Å². The van der Waals surface area contributed by atoms with E-state index in [0.717, 1.165) is 25.9 Å². The van der Waals surface area contributed by atoms with Crippen LogP contribution in [0.1, 0.15) is 37.0 Å². The van der Waals surface area contributed by atoms with Crippen molar-refractivity contribution in [1.29, 1.82) is 0 Å². The third-order valence-corrected chi connectivity index (χ3v) is 4.62. The quantitative estimate of drug-likeness (QED) is 0.576. The molecule has 2 aromatic carbocycles. The summed E-state index contributed by atoms with van der Waals surface area (Å²) in [7, 11) is 0. The van der Waals surface area contributed by atoms with Crippen LogP contribution in [0, 0.1) is 0 Å². The Bertz CT molecular complexity index is 804. The van der Waals surface area contributed by atoms with E-state index in [1.54, 1.807) is 42.5 Å². The predicted octanol–water partition coefficient (Wildman–Crippen LogP) is 5.31. The summed E-state index contributed by atoms with van der Waals surface area (Å²) in [5.74, 6) is -0.215. The maximum absolute atomic E-state index is 12.6. The van der Waals surface area contributed by atoms with Crippen molar-refractivity contribution >= 4 is 46.4 Å². The zero-order valence-corrected chi connectivity index (χ0v) is 17.6. The molecule has 2 rings (SSSR count). The fraction of sp³-hybridized carbons (Fsp3) is 0.333. The molecule has 2 amide bonds. The Labute approximate surface area is 176 Å². The Morgan fingerprint density at radius 3 is 2.21 bits per heavy atom. The van der Waals surface area contributed by atoms with Gasteiger partial charge in [0.2, 0.25) is 5.91 Å². The van der Waals surface area contributed by atoms with Gasteiger partial charge in [-0.3, -0.25) is 9.59 Å². The van der Waals surface area contributed by atoms with Gasteiger partial charge in [0.25, 0.3) is 5.91 Å². The van der Waals surface area contributed by atoms with Crippen molar-refractivity contribution in [2.75, 3.05) is 30.3 Å². The SMILES string of the molecule is CCCN(CCC)C(=O)c1ccc(NC(=O)CNc2cc(Cl)ccc2Cl)cc1. The molecule has 0 fully saturated rings. The molecule has 5 nitrogen and oxygen atoms in total. The van der Waals surface area contributed by atoms with Gasteiger partial charge in [0, 0.05) is 29.4 Å². The van der Waals surface area contributed by atoms with Gasteiger partial charge in [-0.1, -0.05) is 37.0 Å². The zero-order chi connectivity index (χ0) is 20.5. The Morgan fingerprint density at radius 1 is 0.964 bits per heavy atom. The second kappa shape index (κ2) is 10.9. The number of hydrogen-bond donors (Lipinski definition) is 2. The minimum Gasteiger partial charge on any atom is -0.375 e. The summed E-state index contributed by atoms with van der Waals surface area (Å²) < 4.78 is 0. The van der Waals surface area contributed by atoms with Crippen molar-refractivity contribution in [3.63, 3.8) is 0 Å². The maximum atomic E-state index is 12.6. The second-order valence-corrected chi connectivity index (χ2v) is 7.24. The number of benzene rings is 2. The Balaban J connectivity index is 1.93. The molecule has 150 valence electrons. The highest BCUT2D eigenvalue weighted by molar-refractivity contribution is 6.35. The van der Waals surface area contributed by atoms with E-state index in [-0.39, 0.29) is 18.4 Å². The molecule has 0 spiro atoms. The molecule has 0 bridgehead atoms. The summed E-state index contributed by atoms with van der Waals surface area (Å²) in [5.41, 5.74) is 1.83. The molecule has 0 aliphatic rings. The number of nitrogens with one attached hydrogen (secondary N) is 2. The van der Waals surface area contributed by atoms with E-state index in [1.807, 2.05) is 4.90 Å². The van der Waals surface area contributed by atoms with Gasteiger partial charge in [-0.15, -0.1) is 0 Å². The average molecular weight is 422 g/mol. The molecule has 0 aliphatic heterocycles. The minimum atomic E-state index is -0.228. The van der Waals surface area contributed by atoms with Crippen LogP contribution in [0.25, 0.3) is 0 Å². The van der Waals surface area contributed by atoms with Crippen molar-refractivity contribution in [3.05, 3.63) is 58.1 Å². The average Bonchev–Trinajstić information content (AvgIpc) is 2.68. The number of carbonyl (C=O) groups is 2. The summed E-state index contributed by atoms with van der Waals surface area (Å²) in [5, 5.41) is 6.77. The van der Waals surface area contributed by atoms with E-state index >= 15 is 0 Å². The lowest BCUT2D eigenvalue weighted by molar-refractivity contribution is -0.114. The third kappa shape index (κ3) is 6.43. The highest BCUT2D eigenvalue weighted by Gasteiger charge is 2.14. The molecule has 0 radical (unpaired) electrons. The van der Waals surface area contributed by atoms with E-state index in [0.29, 0.717) is 27.0 Å². The number of nitrogens with zero attached hydrogens (tertiary/aromatic N) is 1. The molecule has 0 aliphatic carbocycles. The van der Waals surface area contributed by atoms with Gasteiger partial charge in [0.05, 0.1) is 17.3 Å². The van der Waals surface area contributed by atoms with Crippen LogP contribution in [0.4, 0.5) is 11.4 Å². The molecule has 0 heterocycles. The monoisotopic (exact) mass is 421 g/mol. The van der Waals surface area contributed by atoms with Gasteiger partial charge in [-0.05, 0) is 55.3 Å². The summed E-state index contributed by atoms with van der Waals surface area (Å²) in [4.78, 5) is 26.6. The molecule has 0 saturated carbocycles. The van der Waals surface area contributed by atoms with Crippen LogP contribution in [0.2, 0.25) is 10.0 Å². The van der Waals surface area contributed by atoms with Crippen molar-refractivity contribution in [2.24, 2.45) is 0 Å². The summed E-state index contributed by atoms with van der Waals surface area (Å²) in [6, 6.07) is 11.9. The lowest BCUT2D eigenvalue weighted by atomic mass is 10.1. The zero-order valence-electron chi connectivity index (χ0n) is 16.1. The third-order valence-electron chi connectivity index (χ3n) is 4.06. The van der Waals surface area contributed by atoms with Crippen molar-refractivity contribution in [1.82, 2.24) is 4.90 Å². The number of carbonyl (C=O) groups excluding carboxylic acids is 2. The first-order valence-electron chi connectivity index (χ1n) is 9.32. The van der Waals surface area contributed by atoms with Gasteiger partial charge in [0.1, 0.15) is 0 Å². The Hall–Kier alpha value is -2.24. The summed E-state index contributed by atoms with van der Waals surface area (Å²) in [6.07, 6.45) is 1.84. The molecule has 0 atom stereocenters. The van der Waals surface area contributed by atoms with Crippen LogP contribution < -0.4 is 10.6 Å². The van der Waals surface area contributed by atoms with Gasteiger partial charge in [-0.25, -0.2) is 0 Å². The van der Waals surface area contributed by atoms with Crippen LogP contribution in [0.15, 0.2) is 42.5 Å². The Morgan fingerprint density at radius 2 is 1.61 bits per heavy atom. The number of anilines is 2. The molecular weight excluding hydrogens is 397 g/mol. The normalized spacial score (nSPS) is 10.4. The fourth-order valence-corrected chi connectivity index (χ4v) is 3.10. The fourth-order valence-electron chi connectivity index (χ4n) is 2.75. The van der Waals surface area contributed by atoms with Gasteiger partial charge >= 0.3 is 0 Å². The molecular formula is C21H25Cl2N3O2. The maximum Gasteiger partial charge on any atom is 0.253 e. The highest BCUT2D eigenvalue weighted by Crippen LogP contribution is 2.25. The van der Waals surface area contributed by atoms with E-state index in [1.165, 1.54) is 0 Å². The molecule has 28 heavy (non-hydrogen) atoms. The predicted molar refractivity (Wildman–Crippen MR) is 117 cm³/mol. The first kappa shape index (κ1) is 22.1. The van der Waals surface area contributed by atoms with E-state index in [9.17, 15) is 9.59 Å². The van der Waals surface area contributed by atoms with Crippen molar-refractivity contribution in [3.8, 4) is 0 Å². The summed E-state index contributed by atoms with van der Waals surface area (Å²) >= 11 is 12.0. The molecule has 2 aromatic rings. The van der Waals surface area contributed by atoms with Crippen molar-refractivity contribution in [2.45, 2.75) is 26.7 Å².